The lowest BCUT2D eigenvalue weighted by molar-refractivity contribution is -0.146. The zero-order valence-corrected chi connectivity index (χ0v) is 23.6. The second-order valence-electron chi connectivity index (χ2n) is 10.3. The molecule has 1 heterocycles. The first-order valence-electron chi connectivity index (χ1n) is 13.9. The van der Waals surface area contributed by atoms with Gasteiger partial charge in [-0.15, -0.1) is 0 Å². The summed E-state index contributed by atoms with van der Waals surface area (Å²) in [6.45, 7) is 3.73. The molecule has 0 spiro atoms. The second-order valence-corrected chi connectivity index (χ2v) is 10.3. The summed E-state index contributed by atoms with van der Waals surface area (Å²) in [7, 11) is 0. The summed E-state index contributed by atoms with van der Waals surface area (Å²) in [6, 6.07) is 18.5. The van der Waals surface area contributed by atoms with Gasteiger partial charge in [-0.3, -0.25) is 14.4 Å². The molecule has 10 heteroatoms. The fraction of sp³-hybridized carbons (Fsp3) is 0.344. The number of aromatic hydroxyl groups is 1. The van der Waals surface area contributed by atoms with Gasteiger partial charge in [0.1, 0.15) is 23.7 Å². The van der Waals surface area contributed by atoms with Crippen LogP contribution in [0, 0.1) is 6.92 Å². The van der Waals surface area contributed by atoms with Gasteiger partial charge in [0.05, 0.1) is 19.2 Å². The molecule has 4 atom stereocenters. The van der Waals surface area contributed by atoms with E-state index in [0.29, 0.717) is 17.9 Å². The van der Waals surface area contributed by atoms with Gasteiger partial charge in [-0.2, -0.15) is 0 Å². The molecule has 3 aromatic carbocycles. The van der Waals surface area contributed by atoms with Crippen LogP contribution >= 0.6 is 0 Å². The Morgan fingerprint density at radius 3 is 2.50 bits per heavy atom. The van der Waals surface area contributed by atoms with Crippen LogP contribution in [0.25, 0.3) is 0 Å². The van der Waals surface area contributed by atoms with Gasteiger partial charge in [0.25, 0.3) is 11.8 Å². The molecule has 1 aliphatic rings. The minimum Gasteiger partial charge on any atom is -0.508 e. The van der Waals surface area contributed by atoms with E-state index in [1.54, 1.807) is 49.4 Å². The number of phenolic OH excluding ortho intramolecular Hbond substituents is 1. The van der Waals surface area contributed by atoms with Crippen LogP contribution in [0.4, 0.5) is 4.39 Å². The Kier molecular flexibility index (Phi) is 10.1. The molecule has 1 aliphatic heterocycles. The third-order valence-electron chi connectivity index (χ3n) is 7.31. The van der Waals surface area contributed by atoms with Crippen molar-refractivity contribution in [3.63, 3.8) is 0 Å². The number of nitrogens with one attached hydrogen (secondary N) is 2. The van der Waals surface area contributed by atoms with Crippen molar-refractivity contribution in [1.82, 2.24) is 15.5 Å². The van der Waals surface area contributed by atoms with Crippen LogP contribution in [-0.4, -0.2) is 70.3 Å². The minimum absolute atomic E-state index is 0.0663. The van der Waals surface area contributed by atoms with E-state index >= 15 is 0 Å². The predicted octanol–water partition coefficient (Wildman–Crippen LogP) is 3.06. The van der Waals surface area contributed by atoms with Gasteiger partial charge in [0.2, 0.25) is 5.91 Å². The highest BCUT2D eigenvalue weighted by Crippen LogP contribution is 2.24. The van der Waals surface area contributed by atoms with Crippen molar-refractivity contribution >= 4 is 17.7 Å². The van der Waals surface area contributed by atoms with Gasteiger partial charge < -0.3 is 30.5 Å². The zero-order valence-electron chi connectivity index (χ0n) is 23.6. The molecule has 3 aromatic rings. The van der Waals surface area contributed by atoms with Gasteiger partial charge >= 0.3 is 0 Å². The maximum Gasteiger partial charge on any atom is 0.254 e. The quantitative estimate of drug-likeness (QED) is 0.277. The Morgan fingerprint density at radius 2 is 1.76 bits per heavy atom. The maximum atomic E-state index is 14.6. The first kappa shape index (κ1) is 30.5. The molecule has 9 nitrogen and oxygen atoms in total. The number of benzene rings is 3. The van der Waals surface area contributed by atoms with Gasteiger partial charge in [0.15, 0.2) is 6.10 Å². The fourth-order valence-electron chi connectivity index (χ4n) is 5.06. The summed E-state index contributed by atoms with van der Waals surface area (Å²) in [5, 5.41) is 26.8. The average molecular weight is 578 g/mol. The summed E-state index contributed by atoms with van der Waals surface area (Å²) in [4.78, 5) is 40.9. The van der Waals surface area contributed by atoms with Gasteiger partial charge in [-0.1, -0.05) is 48.5 Å². The van der Waals surface area contributed by atoms with E-state index < -0.39 is 42.1 Å². The number of phenols is 1. The molecule has 0 aromatic heterocycles. The number of ether oxygens (including phenoxy) is 1. The Labute approximate surface area is 244 Å². The average Bonchev–Trinajstić information content (AvgIpc) is 3.38. The SMILES string of the molecule is CCOc1cccc(CNC(=O)C2CC(F)CN2C(=O)C(O)C(Cc2ccccc2)NC(=O)c2cccc(O)c2C)c1. The molecule has 3 amide bonds. The number of nitrogens with zero attached hydrogens (tertiary/aromatic N) is 1. The van der Waals surface area contributed by atoms with Crippen LogP contribution in [0.1, 0.15) is 40.4 Å². The fourth-order valence-corrected chi connectivity index (χ4v) is 5.06. The van der Waals surface area contributed by atoms with E-state index in [-0.39, 0.29) is 37.2 Å². The van der Waals surface area contributed by atoms with Gasteiger partial charge in [-0.05, 0) is 55.7 Å². The molecule has 0 radical (unpaired) electrons. The number of alkyl halides is 1. The molecular formula is C32H36FN3O6. The first-order chi connectivity index (χ1) is 20.2. The summed E-state index contributed by atoms with van der Waals surface area (Å²) >= 11 is 0. The summed E-state index contributed by atoms with van der Waals surface area (Å²) in [5.41, 5.74) is 2.05. The van der Waals surface area contributed by atoms with E-state index in [0.717, 1.165) is 16.0 Å². The molecule has 1 saturated heterocycles. The number of aliphatic hydroxyl groups is 1. The third kappa shape index (κ3) is 7.44. The van der Waals surface area contributed by atoms with E-state index in [4.69, 9.17) is 4.74 Å². The monoisotopic (exact) mass is 577 g/mol. The molecule has 4 N–H and O–H groups in total. The number of likely N-dealkylation sites (tertiary alicyclic amines) is 1. The number of amides is 3. The Morgan fingerprint density at radius 1 is 1.05 bits per heavy atom. The Bertz CT molecular complexity index is 1400. The van der Waals surface area contributed by atoms with Crippen LogP contribution < -0.4 is 15.4 Å². The van der Waals surface area contributed by atoms with Crippen LogP contribution in [-0.2, 0) is 22.6 Å². The predicted molar refractivity (Wildman–Crippen MR) is 155 cm³/mol. The summed E-state index contributed by atoms with van der Waals surface area (Å²) in [6.07, 6.45) is -3.33. The molecule has 4 unspecified atom stereocenters. The molecule has 4 rings (SSSR count). The van der Waals surface area contributed by atoms with Crippen molar-refractivity contribution in [3.05, 3.63) is 95.1 Å². The minimum atomic E-state index is -1.77. The Hall–Kier alpha value is -4.44. The molecule has 0 saturated carbocycles. The second kappa shape index (κ2) is 14.0. The highest BCUT2D eigenvalue weighted by molar-refractivity contribution is 5.97. The van der Waals surface area contributed by atoms with Crippen molar-refractivity contribution in [2.45, 2.75) is 57.6 Å². The molecule has 0 bridgehead atoms. The third-order valence-corrected chi connectivity index (χ3v) is 7.31. The standard InChI is InChI=1S/C32H36FN3O6/c1-3-42-24-12-7-11-22(15-24)18-34-31(40)27-17-23(33)19-36(27)32(41)29(38)26(16-21-9-5-4-6-10-21)35-30(39)25-13-8-14-28(37)20(25)2/h4-15,23,26-27,29,37-38H,3,16-19H2,1-2H3,(H,34,40)(H,35,39). The van der Waals surface area contributed by atoms with Crippen molar-refractivity contribution in [2.75, 3.05) is 13.2 Å². The van der Waals surface area contributed by atoms with E-state index in [9.17, 15) is 29.0 Å². The number of aliphatic hydroxyl groups excluding tert-OH is 1. The highest BCUT2D eigenvalue weighted by atomic mass is 19.1. The van der Waals surface area contributed by atoms with E-state index in [1.807, 2.05) is 19.1 Å². The number of hydrogen-bond donors (Lipinski definition) is 4. The smallest absolute Gasteiger partial charge is 0.254 e. The Balaban J connectivity index is 1.50. The van der Waals surface area contributed by atoms with Crippen molar-refractivity contribution in [1.29, 1.82) is 0 Å². The summed E-state index contributed by atoms with van der Waals surface area (Å²) < 4.78 is 20.1. The maximum absolute atomic E-state index is 14.6. The lowest BCUT2D eigenvalue weighted by Crippen LogP contribution is -2.55. The first-order valence-corrected chi connectivity index (χ1v) is 13.9. The highest BCUT2D eigenvalue weighted by Gasteiger charge is 2.43. The topological polar surface area (TPSA) is 128 Å². The van der Waals surface area contributed by atoms with Gasteiger partial charge in [0, 0.05) is 24.1 Å². The zero-order chi connectivity index (χ0) is 30.2. The largest absolute Gasteiger partial charge is 0.508 e. The number of rotatable bonds is 11. The van der Waals surface area contributed by atoms with E-state index in [1.165, 1.54) is 18.2 Å². The molecule has 42 heavy (non-hydrogen) atoms. The molecule has 1 fully saturated rings. The molecule has 222 valence electrons. The molecular weight excluding hydrogens is 541 g/mol. The van der Waals surface area contributed by atoms with Crippen LogP contribution in [0.3, 0.4) is 0 Å². The number of hydrogen-bond acceptors (Lipinski definition) is 6. The summed E-state index contributed by atoms with van der Waals surface area (Å²) in [5.74, 6) is -1.41. The van der Waals surface area contributed by atoms with Crippen LogP contribution in [0.5, 0.6) is 11.5 Å². The van der Waals surface area contributed by atoms with Crippen LogP contribution in [0.15, 0.2) is 72.8 Å². The normalized spacial score (nSPS) is 17.8. The number of halogens is 1. The lowest BCUT2D eigenvalue weighted by atomic mass is 9.98. The number of carbonyl (C=O) groups excluding carboxylic acids is 3. The molecule has 0 aliphatic carbocycles. The number of carbonyl (C=O) groups is 3. The van der Waals surface area contributed by atoms with E-state index in [2.05, 4.69) is 10.6 Å². The van der Waals surface area contributed by atoms with Crippen LogP contribution in [0.2, 0.25) is 0 Å². The van der Waals surface area contributed by atoms with Crippen molar-refractivity contribution in [3.8, 4) is 11.5 Å². The van der Waals surface area contributed by atoms with Gasteiger partial charge in [-0.25, -0.2) is 4.39 Å². The lowest BCUT2D eigenvalue weighted by Gasteiger charge is -2.30. The van der Waals surface area contributed by atoms with Crippen molar-refractivity contribution in [2.24, 2.45) is 0 Å². The van der Waals surface area contributed by atoms with Crippen molar-refractivity contribution < 1.29 is 33.7 Å².